The van der Waals surface area contributed by atoms with Crippen LogP contribution in [-0.4, -0.2) is 10.8 Å². The van der Waals surface area contributed by atoms with Crippen molar-refractivity contribution in [2.24, 2.45) is 4.99 Å². The van der Waals surface area contributed by atoms with Crippen molar-refractivity contribution in [2.45, 2.75) is 20.1 Å². The average molecular weight is 248 g/mol. The van der Waals surface area contributed by atoms with E-state index in [0.717, 1.165) is 0 Å². The predicted octanol–water partition coefficient (Wildman–Crippen LogP) is 2.90. The third-order valence-electron chi connectivity index (χ3n) is 2.03. The highest BCUT2D eigenvalue weighted by atomic mass is 19.2. The topological polar surface area (TPSA) is 32.6 Å². The zero-order chi connectivity index (χ0) is 13.3. The number of aliphatic hydroxyl groups excluding tert-OH is 1. The van der Waals surface area contributed by atoms with Crippen LogP contribution in [0, 0.1) is 30.2 Å². The van der Waals surface area contributed by atoms with Crippen molar-refractivity contribution >= 4 is 5.71 Å². The van der Waals surface area contributed by atoms with Crippen LogP contribution in [0.1, 0.15) is 31.2 Å². The molecule has 2 nitrogen and oxygen atoms in total. The predicted molar refractivity (Wildman–Crippen MR) is 54.5 cm³/mol. The fourth-order valence-electron chi connectivity index (χ4n) is 1.23. The summed E-state index contributed by atoms with van der Waals surface area (Å²) in [6.45, 7) is 5.77. The van der Waals surface area contributed by atoms with Crippen LogP contribution in [0.3, 0.4) is 0 Å². The van der Waals surface area contributed by atoms with E-state index in [0.29, 0.717) is 5.71 Å². The second-order valence-electron chi connectivity index (χ2n) is 3.60. The summed E-state index contributed by atoms with van der Waals surface area (Å²) in [5, 5.41) is 9.37. The Kier molecular flexibility index (Phi) is 3.87. The average Bonchev–Trinajstić information content (AvgIpc) is 2.23. The number of hydrogen-bond donors (Lipinski definition) is 1. The lowest BCUT2D eigenvalue weighted by Crippen LogP contribution is -2.10. The number of nitrogens with zero attached hydrogens (tertiary/aromatic N) is 1. The van der Waals surface area contributed by atoms with E-state index in [1.54, 1.807) is 0 Å². The number of aliphatic hydroxyl groups is 1. The minimum absolute atomic E-state index is 0.302. The molecule has 0 heterocycles. The van der Waals surface area contributed by atoms with E-state index in [1.165, 1.54) is 13.8 Å². The quantitative estimate of drug-likeness (QED) is 0.487. The summed E-state index contributed by atoms with van der Waals surface area (Å²) in [7, 11) is 0. The molecule has 1 N–H and O–H groups in total. The Bertz CT molecular complexity index is 452. The van der Waals surface area contributed by atoms with E-state index in [1.807, 2.05) is 0 Å². The van der Waals surface area contributed by atoms with Crippen molar-refractivity contribution in [3.8, 4) is 0 Å². The molecule has 0 aromatic heterocycles. The first-order valence-electron chi connectivity index (χ1n) is 4.64. The van der Waals surface area contributed by atoms with E-state index in [9.17, 15) is 22.7 Å². The summed E-state index contributed by atoms with van der Waals surface area (Å²) < 4.78 is 53.0. The Morgan fingerprint density at radius 1 is 1.06 bits per heavy atom. The van der Waals surface area contributed by atoms with E-state index >= 15 is 0 Å². The van der Waals surface area contributed by atoms with Gasteiger partial charge in [-0.2, -0.15) is 0 Å². The van der Waals surface area contributed by atoms with Crippen LogP contribution in [0.25, 0.3) is 0 Å². The van der Waals surface area contributed by atoms with Gasteiger partial charge >= 0.3 is 0 Å². The smallest absolute Gasteiger partial charge is 0.177 e. The first kappa shape index (κ1) is 13.6. The highest BCUT2D eigenvalue weighted by molar-refractivity contribution is 5.79. The second-order valence-corrected chi connectivity index (χ2v) is 3.60. The van der Waals surface area contributed by atoms with Crippen LogP contribution in [-0.2, 0) is 0 Å². The molecule has 0 fully saturated rings. The third kappa shape index (κ3) is 2.46. The molecule has 1 rings (SSSR count). The Balaban J connectivity index is 3.49. The van der Waals surface area contributed by atoms with E-state index in [-0.39, 0.29) is 0 Å². The van der Waals surface area contributed by atoms with Gasteiger partial charge in [0.05, 0.1) is 5.56 Å². The largest absolute Gasteiger partial charge is 0.368 e. The summed E-state index contributed by atoms with van der Waals surface area (Å²) in [4.78, 5) is 3.42. The van der Waals surface area contributed by atoms with Gasteiger partial charge in [-0.25, -0.2) is 17.6 Å². The summed E-state index contributed by atoms with van der Waals surface area (Å²) >= 11 is 0. The van der Waals surface area contributed by atoms with Crippen molar-refractivity contribution in [1.82, 2.24) is 0 Å². The molecular weight excluding hydrogens is 238 g/mol. The van der Waals surface area contributed by atoms with Crippen LogP contribution in [0.5, 0.6) is 0 Å². The van der Waals surface area contributed by atoms with Gasteiger partial charge in [0.1, 0.15) is 0 Å². The van der Waals surface area contributed by atoms with Crippen molar-refractivity contribution in [3.63, 3.8) is 0 Å². The van der Waals surface area contributed by atoms with Crippen LogP contribution in [0.15, 0.2) is 4.99 Å². The van der Waals surface area contributed by atoms with Gasteiger partial charge in [-0.1, -0.05) is 0 Å². The Morgan fingerprint density at radius 3 is 1.82 bits per heavy atom. The number of rotatable bonds is 2. The number of benzene rings is 1. The maximum atomic E-state index is 13.4. The molecule has 93 valence electrons. The molecule has 0 saturated carbocycles. The third-order valence-corrected chi connectivity index (χ3v) is 2.03. The van der Waals surface area contributed by atoms with Crippen LogP contribution >= 0.6 is 0 Å². The van der Waals surface area contributed by atoms with Gasteiger partial charge in [0.25, 0.3) is 0 Å². The minimum Gasteiger partial charge on any atom is -0.368 e. The zero-order valence-electron chi connectivity index (χ0n) is 9.19. The Labute approximate surface area is 95.6 Å². The maximum absolute atomic E-state index is 13.4. The minimum atomic E-state index is -2.00. The molecule has 0 aliphatic rings. The number of aliphatic imine (C=N–C) groups is 1. The SMILES string of the molecule is [CH2]c1c(F)c(F)c(C(O)N=C(C)C)c(F)c1F. The summed E-state index contributed by atoms with van der Waals surface area (Å²) in [6.07, 6.45) is -2.00. The van der Waals surface area contributed by atoms with Crippen molar-refractivity contribution in [2.75, 3.05) is 0 Å². The molecule has 0 amide bonds. The second kappa shape index (κ2) is 4.83. The lowest BCUT2D eigenvalue weighted by Gasteiger charge is -2.12. The van der Waals surface area contributed by atoms with Crippen molar-refractivity contribution < 1.29 is 22.7 Å². The molecule has 1 unspecified atom stereocenters. The molecule has 0 aliphatic carbocycles. The van der Waals surface area contributed by atoms with E-state index in [4.69, 9.17) is 0 Å². The van der Waals surface area contributed by atoms with Gasteiger partial charge in [0, 0.05) is 11.3 Å². The van der Waals surface area contributed by atoms with Gasteiger partial charge in [-0.3, -0.25) is 4.99 Å². The van der Waals surface area contributed by atoms with Gasteiger partial charge in [0.2, 0.25) is 0 Å². The maximum Gasteiger partial charge on any atom is 0.177 e. The first-order chi connectivity index (χ1) is 7.77. The first-order valence-corrected chi connectivity index (χ1v) is 4.64. The molecule has 1 aromatic rings. The Hall–Kier alpha value is -1.43. The molecule has 0 spiro atoms. The van der Waals surface area contributed by atoms with E-state index < -0.39 is 40.6 Å². The molecule has 1 aromatic carbocycles. The van der Waals surface area contributed by atoms with Crippen molar-refractivity contribution in [1.29, 1.82) is 0 Å². The fraction of sp³-hybridized carbons (Fsp3) is 0.273. The highest BCUT2D eigenvalue weighted by Crippen LogP contribution is 2.28. The number of halogens is 4. The molecule has 0 bridgehead atoms. The van der Waals surface area contributed by atoms with Gasteiger partial charge in [-0.15, -0.1) is 0 Å². The standard InChI is InChI=1S/C11H10F4NO/c1-4(2)16-11(17)6-9(14)7(12)5(3)8(13)10(6)15/h11,17H,3H2,1-2H3. The lowest BCUT2D eigenvalue weighted by atomic mass is 10.1. The van der Waals surface area contributed by atoms with Gasteiger partial charge in [0.15, 0.2) is 29.5 Å². The Morgan fingerprint density at radius 2 is 1.47 bits per heavy atom. The van der Waals surface area contributed by atoms with E-state index in [2.05, 4.69) is 11.9 Å². The van der Waals surface area contributed by atoms with Crippen LogP contribution < -0.4 is 0 Å². The van der Waals surface area contributed by atoms with Crippen LogP contribution in [0.2, 0.25) is 0 Å². The fourth-order valence-corrected chi connectivity index (χ4v) is 1.23. The molecule has 0 saturated heterocycles. The highest BCUT2D eigenvalue weighted by Gasteiger charge is 2.27. The van der Waals surface area contributed by atoms with Crippen LogP contribution in [0.4, 0.5) is 17.6 Å². The van der Waals surface area contributed by atoms with Crippen molar-refractivity contribution in [3.05, 3.63) is 41.3 Å². The summed E-state index contributed by atoms with van der Waals surface area (Å²) in [6, 6.07) is 0. The molecule has 17 heavy (non-hydrogen) atoms. The summed E-state index contributed by atoms with van der Waals surface area (Å²) in [5.74, 6) is -6.65. The summed E-state index contributed by atoms with van der Waals surface area (Å²) in [5.41, 5.74) is -1.88. The van der Waals surface area contributed by atoms with Gasteiger partial charge < -0.3 is 5.11 Å². The molecule has 1 radical (unpaired) electrons. The monoisotopic (exact) mass is 248 g/mol. The molecule has 0 aliphatic heterocycles. The zero-order valence-corrected chi connectivity index (χ0v) is 9.19. The molecular formula is C11H10F4NO. The normalized spacial score (nSPS) is 12.5. The molecule has 6 heteroatoms. The van der Waals surface area contributed by atoms with Gasteiger partial charge in [-0.05, 0) is 20.8 Å². The number of hydrogen-bond acceptors (Lipinski definition) is 2. The molecule has 1 atom stereocenters. The lowest BCUT2D eigenvalue weighted by molar-refractivity contribution is 0.174.